The molecule has 1 aliphatic rings. The second-order valence-electron chi connectivity index (χ2n) is 7.10. The predicted molar refractivity (Wildman–Crippen MR) is 92.6 cm³/mol. The van der Waals surface area contributed by atoms with Crippen LogP contribution in [0.15, 0.2) is 18.2 Å². The Kier molecular flexibility index (Phi) is 5.57. The molecule has 7 nitrogen and oxygen atoms in total. The van der Waals surface area contributed by atoms with Crippen LogP contribution in [0, 0.1) is 0 Å². The summed E-state index contributed by atoms with van der Waals surface area (Å²) in [6.07, 6.45) is 0.210. The summed E-state index contributed by atoms with van der Waals surface area (Å²) in [5.74, 6) is -0.0792. The number of carbonyl (C=O) groups excluding carboxylic acids is 2. The highest BCUT2D eigenvalue weighted by atomic mass is 16.6. The van der Waals surface area contributed by atoms with Crippen molar-refractivity contribution in [2.45, 2.75) is 44.9 Å². The number of carbonyl (C=O) groups is 2. The molecule has 0 aliphatic carbocycles. The van der Waals surface area contributed by atoms with Crippen LogP contribution in [0.25, 0.3) is 0 Å². The highest BCUT2D eigenvalue weighted by molar-refractivity contribution is 5.92. The van der Waals surface area contributed by atoms with E-state index in [1.807, 2.05) is 20.8 Å². The van der Waals surface area contributed by atoms with Gasteiger partial charge in [0.05, 0.1) is 20.3 Å². The van der Waals surface area contributed by atoms with Crippen LogP contribution in [0.1, 0.15) is 49.2 Å². The van der Waals surface area contributed by atoms with Gasteiger partial charge in [0.25, 0.3) is 0 Å². The summed E-state index contributed by atoms with van der Waals surface area (Å²) in [5.41, 5.74) is 6.66. The Labute approximate surface area is 148 Å². The van der Waals surface area contributed by atoms with Gasteiger partial charge in [0.15, 0.2) is 0 Å². The molecule has 25 heavy (non-hydrogen) atoms. The minimum Gasteiger partial charge on any atom is -0.496 e. The molecule has 1 heterocycles. The van der Waals surface area contributed by atoms with E-state index in [1.165, 1.54) is 14.2 Å². The van der Waals surface area contributed by atoms with E-state index < -0.39 is 17.7 Å². The van der Waals surface area contributed by atoms with Gasteiger partial charge in [-0.25, -0.2) is 9.59 Å². The molecule has 1 aromatic carbocycles. The van der Waals surface area contributed by atoms with Gasteiger partial charge in [-0.05, 0) is 44.9 Å². The minimum atomic E-state index is -0.583. The Morgan fingerprint density at radius 3 is 2.48 bits per heavy atom. The lowest BCUT2D eigenvalue weighted by Crippen LogP contribution is -2.38. The fourth-order valence-electron chi connectivity index (χ4n) is 2.90. The molecule has 0 radical (unpaired) electrons. The summed E-state index contributed by atoms with van der Waals surface area (Å²) in [5, 5.41) is 0. The molecule has 0 unspecified atom stereocenters. The molecule has 1 aliphatic heterocycles. The summed E-state index contributed by atoms with van der Waals surface area (Å²) in [6, 6.07) is 4.80. The fraction of sp³-hybridized carbons (Fsp3) is 0.556. The number of benzene rings is 1. The van der Waals surface area contributed by atoms with E-state index in [4.69, 9.17) is 19.9 Å². The average molecular weight is 350 g/mol. The fourth-order valence-corrected chi connectivity index (χ4v) is 2.90. The molecule has 1 saturated heterocycles. The third kappa shape index (κ3) is 4.42. The molecule has 0 aromatic heterocycles. The Morgan fingerprint density at radius 1 is 1.24 bits per heavy atom. The standard InChI is InChI=1S/C18H26N2O5/c1-18(2,3)25-17(22)20-10-12(19)9-14(20)11-6-7-13(16(21)24-5)15(8-11)23-4/h6-8,12,14H,9-10,19H2,1-5H3/t12-,14-/m0/s1. The zero-order valence-electron chi connectivity index (χ0n) is 15.4. The largest absolute Gasteiger partial charge is 0.496 e. The van der Waals surface area contributed by atoms with Gasteiger partial charge in [-0.3, -0.25) is 4.90 Å². The van der Waals surface area contributed by atoms with Gasteiger partial charge < -0.3 is 19.9 Å². The average Bonchev–Trinajstić information content (AvgIpc) is 2.94. The molecule has 0 spiro atoms. The van der Waals surface area contributed by atoms with E-state index in [1.54, 1.807) is 23.1 Å². The number of hydrogen-bond donors (Lipinski definition) is 1. The minimum absolute atomic E-state index is 0.135. The number of nitrogens with two attached hydrogens (primary N) is 1. The van der Waals surface area contributed by atoms with Gasteiger partial charge in [-0.2, -0.15) is 0 Å². The number of amides is 1. The van der Waals surface area contributed by atoms with Gasteiger partial charge in [0, 0.05) is 12.6 Å². The first-order chi connectivity index (χ1) is 11.7. The van der Waals surface area contributed by atoms with Crippen LogP contribution >= 0.6 is 0 Å². The molecule has 2 atom stereocenters. The van der Waals surface area contributed by atoms with Gasteiger partial charge in [0.1, 0.15) is 16.9 Å². The molecule has 1 aromatic rings. The third-order valence-corrected chi connectivity index (χ3v) is 3.98. The first kappa shape index (κ1) is 19.1. The van der Waals surface area contributed by atoms with Gasteiger partial charge >= 0.3 is 12.1 Å². The zero-order chi connectivity index (χ0) is 18.8. The third-order valence-electron chi connectivity index (χ3n) is 3.98. The highest BCUT2D eigenvalue weighted by Gasteiger charge is 2.37. The number of likely N-dealkylation sites (tertiary alicyclic amines) is 1. The Morgan fingerprint density at radius 2 is 1.92 bits per heavy atom. The van der Waals surface area contributed by atoms with Crippen molar-refractivity contribution in [3.05, 3.63) is 29.3 Å². The highest BCUT2D eigenvalue weighted by Crippen LogP contribution is 2.35. The predicted octanol–water partition coefficient (Wildman–Crippen LogP) is 2.49. The smallest absolute Gasteiger partial charge is 0.410 e. The SMILES string of the molecule is COC(=O)c1ccc([C@@H]2C[C@H](N)CN2C(=O)OC(C)(C)C)cc1OC. The summed E-state index contributed by atoms with van der Waals surface area (Å²) in [4.78, 5) is 25.9. The second-order valence-corrected chi connectivity index (χ2v) is 7.10. The monoisotopic (exact) mass is 350 g/mol. The molecular formula is C18H26N2O5. The van der Waals surface area contributed by atoms with Crippen LogP contribution in [0.4, 0.5) is 4.79 Å². The van der Waals surface area contributed by atoms with E-state index >= 15 is 0 Å². The Balaban J connectivity index is 2.31. The van der Waals surface area contributed by atoms with E-state index in [-0.39, 0.29) is 12.1 Å². The molecule has 0 saturated carbocycles. The first-order valence-electron chi connectivity index (χ1n) is 8.17. The summed E-state index contributed by atoms with van der Waals surface area (Å²) in [7, 11) is 2.80. The number of methoxy groups -OCH3 is 2. The quantitative estimate of drug-likeness (QED) is 0.842. The van der Waals surface area contributed by atoms with Crippen LogP contribution < -0.4 is 10.5 Å². The molecule has 2 rings (SSSR count). The summed E-state index contributed by atoms with van der Waals surface area (Å²) in [6.45, 7) is 5.89. The van der Waals surface area contributed by atoms with E-state index in [2.05, 4.69) is 0 Å². The second kappa shape index (κ2) is 7.31. The van der Waals surface area contributed by atoms with Crippen LogP contribution in [0.2, 0.25) is 0 Å². The topological polar surface area (TPSA) is 91.1 Å². The van der Waals surface area contributed by atoms with Crippen molar-refractivity contribution in [2.75, 3.05) is 20.8 Å². The maximum atomic E-state index is 12.5. The van der Waals surface area contributed by atoms with E-state index in [0.29, 0.717) is 24.3 Å². The van der Waals surface area contributed by atoms with E-state index in [9.17, 15) is 9.59 Å². The molecule has 2 N–H and O–H groups in total. The lowest BCUT2D eigenvalue weighted by atomic mass is 10.0. The molecule has 0 bridgehead atoms. The van der Waals surface area contributed by atoms with Crippen molar-refractivity contribution in [3.8, 4) is 5.75 Å². The number of ether oxygens (including phenoxy) is 3. The van der Waals surface area contributed by atoms with Crippen molar-refractivity contribution in [1.29, 1.82) is 0 Å². The van der Waals surface area contributed by atoms with Crippen molar-refractivity contribution in [3.63, 3.8) is 0 Å². The molecular weight excluding hydrogens is 324 g/mol. The van der Waals surface area contributed by atoms with Crippen LogP contribution in [0.3, 0.4) is 0 Å². The van der Waals surface area contributed by atoms with Crippen LogP contribution in [0.5, 0.6) is 5.75 Å². The lowest BCUT2D eigenvalue weighted by Gasteiger charge is -2.29. The number of nitrogens with zero attached hydrogens (tertiary/aromatic N) is 1. The number of rotatable bonds is 3. The summed E-state index contributed by atoms with van der Waals surface area (Å²) < 4.78 is 15.5. The lowest BCUT2D eigenvalue weighted by molar-refractivity contribution is 0.0222. The van der Waals surface area contributed by atoms with Gasteiger partial charge in [-0.15, -0.1) is 0 Å². The van der Waals surface area contributed by atoms with Gasteiger partial charge in [-0.1, -0.05) is 6.07 Å². The Bertz CT molecular complexity index is 653. The molecule has 1 amide bonds. The van der Waals surface area contributed by atoms with Crippen LogP contribution in [-0.4, -0.2) is 49.4 Å². The van der Waals surface area contributed by atoms with Crippen LogP contribution in [-0.2, 0) is 9.47 Å². The maximum absolute atomic E-state index is 12.5. The zero-order valence-corrected chi connectivity index (χ0v) is 15.4. The number of hydrogen-bond acceptors (Lipinski definition) is 6. The molecule has 138 valence electrons. The van der Waals surface area contributed by atoms with Crippen molar-refractivity contribution >= 4 is 12.1 Å². The molecule has 7 heteroatoms. The number of esters is 1. The van der Waals surface area contributed by atoms with Crippen molar-refractivity contribution in [1.82, 2.24) is 4.90 Å². The first-order valence-corrected chi connectivity index (χ1v) is 8.17. The van der Waals surface area contributed by atoms with Gasteiger partial charge in [0.2, 0.25) is 0 Å². The van der Waals surface area contributed by atoms with Crippen molar-refractivity contribution in [2.24, 2.45) is 5.73 Å². The van der Waals surface area contributed by atoms with Crippen molar-refractivity contribution < 1.29 is 23.8 Å². The normalized spacial score (nSPS) is 20.3. The molecule has 1 fully saturated rings. The maximum Gasteiger partial charge on any atom is 0.410 e. The Hall–Kier alpha value is -2.28. The summed E-state index contributed by atoms with van der Waals surface area (Å²) >= 11 is 0. The van der Waals surface area contributed by atoms with E-state index in [0.717, 1.165) is 5.56 Å².